The highest BCUT2D eigenvalue weighted by atomic mass is 16.7. The van der Waals surface area contributed by atoms with Crippen molar-refractivity contribution in [2.24, 2.45) is 0 Å². The fraction of sp³-hybridized carbons (Fsp3) is 0.429. The zero-order valence-electron chi connectivity index (χ0n) is 15.6. The first kappa shape index (κ1) is 17.9. The van der Waals surface area contributed by atoms with Crippen LogP contribution in [0.5, 0.6) is 0 Å². The number of hydrogen-bond acceptors (Lipinski definition) is 5. The Morgan fingerprint density at radius 3 is 2.44 bits per heavy atom. The Morgan fingerprint density at radius 2 is 1.81 bits per heavy atom. The number of nitrogens with zero attached hydrogens (tertiary/aromatic N) is 2. The summed E-state index contributed by atoms with van der Waals surface area (Å²) in [4.78, 5) is 18.9. The number of nitrogens with one attached hydrogen (secondary N) is 1. The van der Waals surface area contributed by atoms with Gasteiger partial charge in [-0.15, -0.1) is 0 Å². The molecule has 2 saturated heterocycles. The summed E-state index contributed by atoms with van der Waals surface area (Å²) in [5.74, 6) is -0.503. The molecule has 3 heterocycles. The van der Waals surface area contributed by atoms with E-state index in [2.05, 4.69) is 29.4 Å². The number of pyridine rings is 1. The van der Waals surface area contributed by atoms with Crippen molar-refractivity contribution >= 4 is 11.6 Å². The predicted molar refractivity (Wildman–Crippen MR) is 102 cm³/mol. The lowest BCUT2D eigenvalue weighted by molar-refractivity contribution is -0.181. The van der Waals surface area contributed by atoms with Gasteiger partial charge < -0.3 is 19.7 Å². The standard InChI is InChI=1S/C21H25N3O3/c1-16(17-5-3-2-4-6-17)23-18-7-8-19(22-15-18)20(25)24-11-9-21(10-12-24)26-13-14-27-21/h2-8,15-16,23H,9-14H2,1H3. The molecule has 1 unspecified atom stereocenters. The Morgan fingerprint density at radius 1 is 1.11 bits per heavy atom. The summed E-state index contributed by atoms with van der Waals surface area (Å²) in [5, 5.41) is 3.42. The van der Waals surface area contributed by atoms with Gasteiger partial charge in [-0.05, 0) is 24.6 Å². The summed E-state index contributed by atoms with van der Waals surface area (Å²) < 4.78 is 11.4. The number of hydrogen-bond donors (Lipinski definition) is 1. The average Bonchev–Trinajstić information content (AvgIpc) is 3.17. The van der Waals surface area contributed by atoms with Crippen molar-refractivity contribution in [3.8, 4) is 0 Å². The maximum atomic E-state index is 12.7. The number of carbonyl (C=O) groups excluding carboxylic acids is 1. The molecule has 2 aliphatic heterocycles. The van der Waals surface area contributed by atoms with Crippen LogP contribution in [0.15, 0.2) is 48.7 Å². The van der Waals surface area contributed by atoms with Crippen molar-refractivity contribution in [2.75, 3.05) is 31.6 Å². The van der Waals surface area contributed by atoms with Crippen LogP contribution in [-0.4, -0.2) is 47.9 Å². The third-order valence-corrected chi connectivity index (χ3v) is 5.29. The van der Waals surface area contributed by atoms with Crippen LogP contribution in [0.3, 0.4) is 0 Å². The molecule has 1 N–H and O–H groups in total. The summed E-state index contributed by atoms with van der Waals surface area (Å²) >= 11 is 0. The van der Waals surface area contributed by atoms with E-state index in [1.54, 1.807) is 12.3 Å². The number of carbonyl (C=O) groups is 1. The Labute approximate surface area is 159 Å². The van der Waals surface area contributed by atoms with Crippen LogP contribution >= 0.6 is 0 Å². The van der Waals surface area contributed by atoms with Gasteiger partial charge in [0, 0.05) is 32.0 Å². The molecule has 1 aromatic heterocycles. The monoisotopic (exact) mass is 367 g/mol. The first-order valence-electron chi connectivity index (χ1n) is 9.50. The smallest absolute Gasteiger partial charge is 0.272 e. The van der Waals surface area contributed by atoms with Crippen molar-refractivity contribution in [3.63, 3.8) is 0 Å². The van der Waals surface area contributed by atoms with Gasteiger partial charge in [0.2, 0.25) is 0 Å². The Bertz CT molecular complexity index is 763. The zero-order chi connectivity index (χ0) is 18.7. The molecule has 1 atom stereocenters. The van der Waals surface area contributed by atoms with E-state index >= 15 is 0 Å². The zero-order valence-corrected chi connectivity index (χ0v) is 15.6. The molecule has 1 spiro atoms. The fourth-order valence-corrected chi connectivity index (χ4v) is 3.68. The number of likely N-dealkylation sites (tertiary alicyclic amines) is 1. The Kier molecular flexibility index (Phi) is 5.09. The van der Waals surface area contributed by atoms with Gasteiger partial charge in [0.25, 0.3) is 5.91 Å². The number of rotatable bonds is 4. The summed E-state index contributed by atoms with van der Waals surface area (Å²) in [6, 6.07) is 14.1. The summed E-state index contributed by atoms with van der Waals surface area (Å²) in [7, 11) is 0. The molecule has 0 saturated carbocycles. The molecular weight excluding hydrogens is 342 g/mol. The third-order valence-electron chi connectivity index (χ3n) is 5.29. The fourth-order valence-electron chi connectivity index (χ4n) is 3.68. The molecule has 2 aliphatic rings. The van der Waals surface area contributed by atoms with Crippen LogP contribution in [0.2, 0.25) is 0 Å². The van der Waals surface area contributed by atoms with Crippen molar-refractivity contribution in [1.82, 2.24) is 9.88 Å². The highest BCUT2D eigenvalue weighted by Gasteiger charge is 2.41. The van der Waals surface area contributed by atoms with Crippen LogP contribution in [0.25, 0.3) is 0 Å². The second-order valence-electron chi connectivity index (χ2n) is 7.11. The largest absolute Gasteiger partial charge is 0.377 e. The number of amides is 1. The van der Waals surface area contributed by atoms with E-state index in [-0.39, 0.29) is 11.9 Å². The van der Waals surface area contributed by atoms with Gasteiger partial charge in [-0.1, -0.05) is 30.3 Å². The van der Waals surface area contributed by atoms with Gasteiger partial charge in [-0.25, -0.2) is 4.98 Å². The van der Waals surface area contributed by atoms with Gasteiger partial charge in [-0.3, -0.25) is 4.79 Å². The molecule has 2 aromatic rings. The van der Waals surface area contributed by atoms with Gasteiger partial charge >= 0.3 is 0 Å². The van der Waals surface area contributed by atoms with Gasteiger partial charge in [0.05, 0.1) is 25.1 Å². The van der Waals surface area contributed by atoms with Crippen LogP contribution in [0.1, 0.15) is 41.9 Å². The maximum Gasteiger partial charge on any atom is 0.272 e. The SMILES string of the molecule is CC(Nc1ccc(C(=O)N2CCC3(CC2)OCCO3)nc1)c1ccccc1. The topological polar surface area (TPSA) is 63.7 Å². The molecule has 1 amide bonds. The van der Waals surface area contributed by atoms with E-state index in [1.165, 1.54) is 5.56 Å². The Balaban J connectivity index is 1.35. The quantitative estimate of drug-likeness (QED) is 0.899. The van der Waals surface area contributed by atoms with Crippen LogP contribution < -0.4 is 5.32 Å². The second kappa shape index (κ2) is 7.66. The molecule has 2 fully saturated rings. The number of benzene rings is 1. The lowest BCUT2D eigenvalue weighted by Crippen LogP contribution is -2.47. The summed E-state index contributed by atoms with van der Waals surface area (Å²) in [6.45, 7) is 4.65. The van der Waals surface area contributed by atoms with Gasteiger partial charge in [0.15, 0.2) is 5.79 Å². The number of aromatic nitrogens is 1. The molecule has 6 heteroatoms. The summed E-state index contributed by atoms with van der Waals surface area (Å²) in [6.07, 6.45) is 3.15. The van der Waals surface area contributed by atoms with E-state index in [0.29, 0.717) is 44.8 Å². The molecule has 1 aromatic carbocycles. The van der Waals surface area contributed by atoms with Gasteiger partial charge in [0.1, 0.15) is 5.69 Å². The first-order valence-corrected chi connectivity index (χ1v) is 9.50. The number of piperidine rings is 1. The van der Waals surface area contributed by atoms with E-state index in [0.717, 1.165) is 5.69 Å². The number of ether oxygens (including phenoxy) is 2. The lowest BCUT2D eigenvalue weighted by atomic mass is 10.0. The number of anilines is 1. The highest BCUT2D eigenvalue weighted by Crippen LogP contribution is 2.31. The molecule has 0 aliphatic carbocycles. The molecule has 0 radical (unpaired) electrons. The van der Waals surface area contributed by atoms with Crippen LogP contribution in [-0.2, 0) is 9.47 Å². The van der Waals surface area contributed by atoms with Crippen molar-refractivity contribution in [2.45, 2.75) is 31.6 Å². The van der Waals surface area contributed by atoms with E-state index < -0.39 is 5.79 Å². The van der Waals surface area contributed by atoms with E-state index in [1.807, 2.05) is 29.2 Å². The highest BCUT2D eigenvalue weighted by molar-refractivity contribution is 5.92. The third kappa shape index (κ3) is 3.96. The maximum absolute atomic E-state index is 12.7. The first-order chi connectivity index (χ1) is 13.2. The normalized spacial score (nSPS) is 19.8. The van der Waals surface area contributed by atoms with E-state index in [4.69, 9.17) is 9.47 Å². The molecule has 4 rings (SSSR count). The van der Waals surface area contributed by atoms with Crippen LogP contribution in [0, 0.1) is 0 Å². The minimum atomic E-state index is -0.467. The minimum absolute atomic E-state index is 0.0366. The van der Waals surface area contributed by atoms with Crippen molar-refractivity contribution in [3.05, 3.63) is 59.9 Å². The molecule has 27 heavy (non-hydrogen) atoms. The molecule has 142 valence electrons. The van der Waals surface area contributed by atoms with E-state index in [9.17, 15) is 4.79 Å². The molecule has 0 bridgehead atoms. The second-order valence-corrected chi connectivity index (χ2v) is 7.11. The minimum Gasteiger partial charge on any atom is -0.377 e. The van der Waals surface area contributed by atoms with Crippen LogP contribution in [0.4, 0.5) is 5.69 Å². The molecular formula is C21H25N3O3. The predicted octanol–water partition coefficient (Wildman–Crippen LogP) is 3.23. The molecule has 6 nitrogen and oxygen atoms in total. The lowest BCUT2D eigenvalue weighted by Gasteiger charge is -2.37. The van der Waals surface area contributed by atoms with Crippen molar-refractivity contribution in [1.29, 1.82) is 0 Å². The van der Waals surface area contributed by atoms with Gasteiger partial charge in [-0.2, -0.15) is 0 Å². The average molecular weight is 367 g/mol. The Hall–Kier alpha value is -2.44. The summed E-state index contributed by atoms with van der Waals surface area (Å²) in [5.41, 5.74) is 2.57. The van der Waals surface area contributed by atoms with Crippen molar-refractivity contribution < 1.29 is 14.3 Å².